The molecule has 1 saturated carbocycles. The van der Waals surface area contributed by atoms with Gasteiger partial charge in [-0.2, -0.15) is 11.8 Å². The smallest absolute Gasteiger partial charge is 0.147 e. The topological polar surface area (TPSA) is 25.8 Å². The molecule has 0 bridgehead atoms. The maximum atomic E-state index is 6.13. The van der Waals surface area contributed by atoms with Gasteiger partial charge in [0, 0.05) is 11.2 Å². The first kappa shape index (κ1) is 13.6. The molecule has 2 nitrogen and oxygen atoms in total. The van der Waals surface area contributed by atoms with Crippen molar-refractivity contribution in [1.29, 1.82) is 0 Å². The van der Waals surface area contributed by atoms with Gasteiger partial charge in [-0.3, -0.25) is 0 Å². The fourth-order valence-electron chi connectivity index (χ4n) is 1.51. The van der Waals surface area contributed by atoms with E-state index in [4.69, 9.17) is 11.6 Å². The minimum Gasteiger partial charge on any atom is -0.235 e. The maximum Gasteiger partial charge on any atom is 0.147 e. The third kappa shape index (κ3) is 3.58. The fourth-order valence-corrected chi connectivity index (χ4v) is 3.00. The normalized spacial score (nSPS) is 17.2. The molecule has 0 aromatic carbocycles. The van der Waals surface area contributed by atoms with Gasteiger partial charge in [-0.05, 0) is 35.2 Å². The van der Waals surface area contributed by atoms with E-state index in [0.29, 0.717) is 16.3 Å². The number of aromatic nitrogens is 2. The molecule has 1 atom stereocenters. The molecule has 5 heteroatoms. The summed E-state index contributed by atoms with van der Waals surface area (Å²) in [5.74, 6) is 2.31. The molecule has 0 N–H and O–H groups in total. The molecule has 94 valence electrons. The van der Waals surface area contributed by atoms with E-state index in [1.54, 1.807) is 0 Å². The van der Waals surface area contributed by atoms with Crippen molar-refractivity contribution in [2.75, 3.05) is 0 Å². The van der Waals surface area contributed by atoms with Crippen LogP contribution in [0.1, 0.15) is 50.5 Å². The number of hydrogen-bond donors (Lipinski definition) is 0. The maximum absolute atomic E-state index is 6.13. The van der Waals surface area contributed by atoms with Crippen LogP contribution in [0.4, 0.5) is 0 Å². The second-order valence-electron chi connectivity index (χ2n) is 4.43. The Labute approximate surface area is 120 Å². The molecule has 0 radical (unpaired) electrons. The summed E-state index contributed by atoms with van der Waals surface area (Å²) in [6.45, 7) is 4.43. The molecule has 0 spiro atoms. The van der Waals surface area contributed by atoms with Gasteiger partial charge in [0.05, 0.1) is 15.9 Å². The summed E-state index contributed by atoms with van der Waals surface area (Å²) in [5, 5.41) is 1.20. The van der Waals surface area contributed by atoms with Gasteiger partial charge in [0.25, 0.3) is 0 Å². The van der Waals surface area contributed by atoms with Crippen molar-refractivity contribution in [2.24, 2.45) is 0 Å². The van der Waals surface area contributed by atoms with Crippen molar-refractivity contribution >= 4 is 39.3 Å². The van der Waals surface area contributed by atoms with Crippen molar-refractivity contribution in [1.82, 2.24) is 9.97 Å². The summed E-state index contributed by atoms with van der Waals surface area (Å²) < 4.78 is 0.888. The largest absolute Gasteiger partial charge is 0.235 e. The van der Waals surface area contributed by atoms with E-state index in [0.717, 1.165) is 21.7 Å². The number of nitrogens with zero attached hydrogens (tertiary/aromatic N) is 2. The van der Waals surface area contributed by atoms with Gasteiger partial charge in [0.2, 0.25) is 0 Å². The Kier molecular flexibility index (Phi) is 4.72. The van der Waals surface area contributed by atoms with Gasteiger partial charge >= 0.3 is 0 Å². The predicted octanol–water partition coefficient (Wildman–Crippen LogP) is 4.80. The highest BCUT2D eigenvalue weighted by atomic mass is 79.9. The minimum absolute atomic E-state index is 0.557. The van der Waals surface area contributed by atoms with Crippen LogP contribution in [0.3, 0.4) is 0 Å². The zero-order valence-electron chi connectivity index (χ0n) is 10.0. The minimum atomic E-state index is 0.557. The average molecular weight is 336 g/mol. The molecular formula is C12H16BrClN2S. The van der Waals surface area contributed by atoms with Crippen molar-refractivity contribution < 1.29 is 0 Å². The van der Waals surface area contributed by atoms with Crippen molar-refractivity contribution in [2.45, 2.75) is 50.0 Å². The first-order valence-corrected chi connectivity index (χ1v) is 8.17. The molecular weight excluding hydrogens is 320 g/mol. The Hall–Kier alpha value is 0.200. The number of thioether (sulfide) groups is 1. The van der Waals surface area contributed by atoms with E-state index in [1.807, 2.05) is 11.8 Å². The van der Waals surface area contributed by atoms with Crippen molar-refractivity contribution in [3.05, 3.63) is 21.1 Å². The Balaban J connectivity index is 2.12. The molecule has 1 aliphatic rings. The van der Waals surface area contributed by atoms with Crippen LogP contribution in [0, 0.1) is 0 Å². The lowest BCUT2D eigenvalue weighted by Crippen LogP contribution is -2.02. The number of halogens is 2. The molecule has 1 aromatic rings. The van der Waals surface area contributed by atoms with Gasteiger partial charge in [0.1, 0.15) is 11.0 Å². The summed E-state index contributed by atoms with van der Waals surface area (Å²) in [7, 11) is 0. The van der Waals surface area contributed by atoms with Gasteiger partial charge in [0.15, 0.2) is 0 Å². The van der Waals surface area contributed by atoms with Crippen LogP contribution >= 0.6 is 39.3 Å². The van der Waals surface area contributed by atoms with E-state index in [9.17, 15) is 0 Å². The second kappa shape index (κ2) is 5.89. The lowest BCUT2D eigenvalue weighted by Gasteiger charge is -2.09. The van der Waals surface area contributed by atoms with Crippen LogP contribution in [-0.4, -0.2) is 15.2 Å². The van der Waals surface area contributed by atoms with Gasteiger partial charge in [-0.25, -0.2) is 9.97 Å². The molecule has 1 heterocycles. The highest BCUT2D eigenvalue weighted by Gasteiger charge is 2.29. The average Bonchev–Trinajstić information content (AvgIpc) is 3.14. The summed E-state index contributed by atoms with van der Waals surface area (Å²) in [4.78, 5) is 8.97. The Bertz CT molecular complexity index is 410. The van der Waals surface area contributed by atoms with Gasteiger partial charge in [-0.15, -0.1) is 0 Å². The van der Waals surface area contributed by atoms with Crippen LogP contribution in [0.25, 0.3) is 0 Å². The molecule has 17 heavy (non-hydrogen) atoms. The number of hydrogen-bond acceptors (Lipinski definition) is 3. The zero-order valence-corrected chi connectivity index (χ0v) is 13.2. The lowest BCUT2D eigenvalue weighted by atomic mass is 10.3. The standard InChI is InChI=1S/C12H16BrClN2S/c1-3-7(2)17-6-9-15-11(8-4-5-8)10(13)12(14)16-9/h7-8H,3-6H2,1-2H3. The van der Waals surface area contributed by atoms with Crippen molar-refractivity contribution in [3.8, 4) is 0 Å². The molecule has 1 aromatic heterocycles. The monoisotopic (exact) mass is 334 g/mol. The van der Waals surface area contributed by atoms with E-state index in [2.05, 4.69) is 39.7 Å². The fraction of sp³-hybridized carbons (Fsp3) is 0.667. The molecule has 1 aliphatic carbocycles. The second-order valence-corrected chi connectivity index (χ2v) is 7.01. The zero-order chi connectivity index (χ0) is 12.4. The summed E-state index contributed by atoms with van der Waals surface area (Å²) in [6, 6.07) is 0. The summed E-state index contributed by atoms with van der Waals surface area (Å²) >= 11 is 11.5. The first-order valence-electron chi connectivity index (χ1n) is 5.95. The van der Waals surface area contributed by atoms with Crippen LogP contribution < -0.4 is 0 Å². The summed E-state index contributed by atoms with van der Waals surface area (Å²) in [6.07, 6.45) is 3.62. The Morgan fingerprint density at radius 1 is 1.47 bits per heavy atom. The molecule has 0 aliphatic heterocycles. The van der Waals surface area contributed by atoms with Crippen LogP contribution in [0.2, 0.25) is 5.15 Å². The third-order valence-corrected chi connectivity index (χ3v) is 5.53. The quantitative estimate of drug-likeness (QED) is 0.723. The number of rotatable bonds is 5. The predicted molar refractivity (Wildman–Crippen MR) is 77.8 cm³/mol. The van der Waals surface area contributed by atoms with Gasteiger partial charge < -0.3 is 0 Å². The molecule has 2 rings (SSSR count). The molecule has 0 amide bonds. The van der Waals surface area contributed by atoms with Crippen LogP contribution in [-0.2, 0) is 5.75 Å². The van der Waals surface area contributed by atoms with E-state index in [1.165, 1.54) is 19.3 Å². The molecule has 0 saturated heterocycles. The Morgan fingerprint density at radius 2 is 2.18 bits per heavy atom. The molecule has 1 unspecified atom stereocenters. The Morgan fingerprint density at radius 3 is 2.76 bits per heavy atom. The van der Waals surface area contributed by atoms with E-state index in [-0.39, 0.29) is 0 Å². The highest BCUT2D eigenvalue weighted by molar-refractivity contribution is 9.10. The SMILES string of the molecule is CCC(C)SCc1nc(Cl)c(Br)c(C2CC2)n1. The van der Waals surface area contributed by atoms with Crippen LogP contribution in [0.5, 0.6) is 0 Å². The van der Waals surface area contributed by atoms with Crippen LogP contribution in [0.15, 0.2) is 4.47 Å². The molecule has 1 fully saturated rings. The first-order chi connectivity index (χ1) is 8.11. The van der Waals surface area contributed by atoms with E-state index < -0.39 is 0 Å². The lowest BCUT2D eigenvalue weighted by molar-refractivity contribution is 0.891. The third-order valence-electron chi connectivity index (χ3n) is 2.92. The highest BCUT2D eigenvalue weighted by Crippen LogP contribution is 2.43. The summed E-state index contributed by atoms with van der Waals surface area (Å²) in [5.41, 5.74) is 1.10. The van der Waals surface area contributed by atoms with Gasteiger partial charge in [-0.1, -0.05) is 25.4 Å². The van der Waals surface area contributed by atoms with Crippen molar-refractivity contribution in [3.63, 3.8) is 0 Å². The van der Waals surface area contributed by atoms with E-state index >= 15 is 0 Å².